The van der Waals surface area contributed by atoms with Crippen molar-refractivity contribution in [3.05, 3.63) is 0 Å². The van der Waals surface area contributed by atoms with Crippen LogP contribution < -0.4 is 10.6 Å². The first-order chi connectivity index (χ1) is 6.40. The summed E-state index contributed by atoms with van der Waals surface area (Å²) in [6.07, 6.45) is -4.33. The molecule has 1 heterocycles. The van der Waals surface area contributed by atoms with E-state index in [0.717, 1.165) is 0 Å². The predicted octanol–water partition coefficient (Wildman–Crippen LogP) is 0.520. The van der Waals surface area contributed by atoms with Crippen LogP contribution >= 0.6 is 0 Å². The van der Waals surface area contributed by atoms with Gasteiger partial charge in [-0.3, -0.25) is 4.79 Å². The first-order valence-corrected chi connectivity index (χ1v) is 4.45. The summed E-state index contributed by atoms with van der Waals surface area (Å²) in [5.74, 6) is -0.750. The van der Waals surface area contributed by atoms with Crippen molar-refractivity contribution < 1.29 is 18.0 Å². The number of amides is 1. The third kappa shape index (κ3) is 3.17. The Morgan fingerprint density at radius 3 is 2.57 bits per heavy atom. The van der Waals surface area contributed by atoms with Crippen molar-refractivity contribution >= 4 is 5.91 Å². The van der Waals surface area contributed by atoms with Gasteiger partial charge < -0.3 is 10.6 Å². The molecule has 6 heteroatoms. The topological polar surface area (TPSA) is 41.1 Å². The molecule has 0 aromatic carbocycles. The van der Waals surface area contributed by atoms with Crippen molar-refractivity contribution in [3.8, 4) is 0 Å². The van der Waals surface area contributed by atoms with Gasteiger partial charge in [-0.25, -0.2) is 0 Å². The van der Waals surface area contributed by atoms with Crippen LogP contribution in [-0.2, 0) is 4.79 Å². The molecule has 1 aliphatic heterocycles. The Balaban J connectivity index is 2.35. The zero-order chi connectivity index (χ0) is 10.8. The molecular weight excluding hydrogens is 197 g/mol. The Morgan fingerprint density at radius 1 is 1.50 bits per heavy atom. The zero-order valence-electron chi connectivity index (χ0n) is 7.82. The maximum absolute atomic E-state index is 11.8. The van der Waals surface area contributed by atoms with Crippen LogP contribution in [-0.4, -0.2) is 31.7 Å². The Morgan fingerprint density at radius 2 is 2.14 bits per heavy atom. The SMILES string of the molecule is CC1CNCC1C(=O)NCC(F)(F)F. The van der Waals surface area contributed by atoms with Gasteiger partial charge in [-0.05, 0) is 12.5 Å². The lowest BCUT2D eigenvalue weighted by atomic mass is 9.97. The van der Waals surface area contributed by atoms with Gasteiger partial charge in [0, 0.05) is 6.54 Å². The number of carbonyl (C=O) groups is 1. The van der Waals surface area contributed by atoms with Crippen LogP contribution in [0.1, 0.15) is 6.92 Å². The Labute approximate surface area is 80.0 Å². The highest BCUT2D eigenvalue weighted by Gasteiger charge is 2.33. The molecule has 14 heavy (non-hydrogen) atoms. The van der Waals surface area contributed by atoms with Crippen molar-refractivity contribution in [2.75, 3.05) is 19.6 Å². The lowest BCUT2D eigenvalue weighted by Gasteiger charge is -2.15. The van der Waals surface area contributed by atoms with Crippen LogP contribution in [0.5, 0.6) is 0 Å². The van der Waals surface area contributed by atoms with Gasteiger partial charge in [0.1, 0.15) is 6.54 Å². The van der Waals surface area contributed by atoms with E-state index >= 15 is 0 Å². The van der Waals surface area contributed by atoms with Gasteiger partial charge in [0.2, 0.25) is 5.91 Å². The van der Waals surface area contributed by atoms with Crippen LogP contribution in [0.15, 0.2) is 0 Å². The second-order valence-electron chi connectivity index (χ2n) is 3.58. The largest absolute Gasteiger partial charge is 0.405 e. The normalized spacial score (nSPS) is 27.7. The molecule has 1 rings (SSSR count). The van der Waals surface area contributed by atoms with Gasteiger partial charge >= 0.3 is 6.18 Å². The second-order valence-corrected chi connectivity index (χ2v) is 3.58. The molecule has 0 bridgehead atoms. The van der Waals surface area contributed by atoms with E-state index in [1.165, 1.54) is 0 Å². The van der Waals surface area contributed by atoms with E-state index in [2.05, 4.69) is 5.32 Å². The quantitative estimate of drug-likeness (QED) is 0.697. The monoisotopic (exact) mass is 210 g/mol. The van der Waals surface area contributed by atoms with E-state index < -0.39 is 18.6 Å². The van der Waals surface area contributed by atoms with E-state index in [4.69, 9.17) is 0 Å². The predicted molar refractivity (Wildman–Crippen MR) is 44.6 cm³/mol. The lowest BCUT2D eigenvalue weighted by molar-refractivity contribution is -0.141. The van der Waals surface area contributed by atoms with Gasteiger partial charge in [-0.1, -0.05) is 6.92 Å². The molecule has 3 nitrogen and oxygen atoms in total. The summed E-state index contributed by atoms with van der Waals surface area (Å²) in [4.78, 5) is 11.3. The van der Waals surface area contributed by atoms with Crippen molar-refractivity contribution in [2.24, 2.45) is 11.8 Å². The molecule has 1 fully saturated rings. The average Bonchev–Trinajstić information content (AvgIpc) is 2.46. The average molecular weight is 210 g/mol. The van der Waals surface area contributed by atoms with Crippen LogP contribution in [0.4, 0.5) is 13.2 Å². The number of alkyl halides is 3. The summed E-state index contributed by atoms with van der Waals surface area (Å²) in [5.41, 5.74) is 0. The number of rotatable bonds is 2. The zero-order valence-corrected chi connectivity index (χ0v) is 7.82. The first kappa shape index (κ1) is 11.3. The highest BCUT2D eigenvalue weighted by molar-refractivity contribution is 5.79. The molecular formula is C8H13F3N2O. The number of halogens is 3. The molecule has 1 saturated heterocycles. The Hall–Kier alpha value is -0.780. The fourth-order valence-electron chi connectivity index (χ4n) is 1.48. The highest BCUT2D eigenvalue weighted by atomic mass is 19.4. The fourth-order valence-corrected chi connectivity index (χ4v) is 1.48. The lowest BCUT2D eigenvalue weighted by Crippen LogP contribution is -2.39. The van der Waals surface area contributed by atoms with E-state index in [0.29, 0.717) is 13.1 Å². The first-order valence-electron chi connectivity index (χ1n) is 4.45. The molecule has 82 valence electrons. The number of hydrogen-bond acceptors (Lipinski definition) is 2. The van der Waals surface area contributed by atoms with Gasteiger partial charge in [-0.2, -0.15) is 13.2 Å². The highest BCUT2D eigenvalue weighted by Crippen LogP contribution is 2.17. The molecule has 2 atom stereocenters. The van der Waals surface area contributed by atoms with Crippen LogP contribution in [0.2, 0.25) is 0 Å². The van der Waals surface area contributed by atoms with Crippen LogP contribution in [0.3, 0.4) is 0 Å². The number of hydrogen-bond donors (Lipinski definition) is 2. The molecule has 0 radical (unpaired) electrons. The molecule has 0 saturated carbocycles. The number of nitrogens with one attached hydrogen (secondary N) is 2. The third-order valence-corrected chi connectivity index (χ3v) is 2.32. The minimum atomic E-state index is -4.33. The van der Waals surface area contributed by atoms with Crippen molar-refractivity contribution in [2.45, 2.75) is 13.1 Å². The molecule has 0 aromatic heterocycles. The van der Waals surface area contributed by atoms with Gasteiger partial charge in [0.25, 0.3) is 0 Å². The minimum absolute atomic E-state index is 0.100. The summed E-state index contributed by atoms with van der Waals surface area (Å²) in [5, 5.41) is 4.85. The standard InChI is InChI=1S/C8H13F3N2O/c1-5-2-12-3-6(5)7(14)13-4-8(9,10)11/h5-6,12H,2-4H2,1H3,(H,13,14). The molecule has 2 unspecified atom stereocenters. The summed E-state index contributed by atoms with van der Waals surface area (Å²) >= 11 is 0. The van der Waals surface area contributed by atoms with Gasteiger partial charge in [0.05, 0.1) is 5.92 Å². The molecule has 1 amide bonds. The van der Waals surface area contributed by atoms with Crippen molar-refractivity contribution in [1.29, 1.82) is 0 Å². The molecule has 0 aromatic rings. The van der Waals surface area contributed by atoms with E-state index in [9.17, 15) is 18.0 Å². The fraction of sp³-hybridized carbons (Fsp3) is 0.875. The third-order valence-electron chi connectivity index (χ3n) is 2.32. The smallest absolute Gasteiger partial charge is 0.347 e. The van der Waals surface area contributed by atoms with E-state index in [1.54, 1.807) is 0 Å². The summed E-state index contributed by atoms with van der Waals surface area (Å²) < 4.78 is 35.3. The van der Waals surface area contributed by atoms with E-state index in [-0.39, 0.29) is 11.8 Å². The maximum atomic E-state index is 11.8. The van der Waals surface area contributed by atoms with E-state index in [1.807, 2.05) is 12.2 Å². The van der Waals surface area contributed by atoms with Crippen LogP contribution in [0.25, 0.3) is 0 Å². The molecule has 2 N–H and O–H groups in total. The molecule has 0 spiro atoms. The van der Waals surface area contributed by atoms with Crippen LogP contribution in [0, 0.1) is 11.8 Å². The molecule has 1 aliphatic rings. The molecule has 0 aliphatic carbocycles. The summed E-state index contributed by atoms with van der Waals surface area (Å²) in [6.45, 7) is 1.75. The summed E-state index contributed by atoms with van der Waals surface area (Å²) in [6, 6.07) is 0. The minimum Gasteiger partial charge on any atom is -0.347 e. The Bertz CT molecular complexity index is 217. The van der Waals surface area contributed by atoms with Gasteiger partial charge in [-0.15, -0.1) is 0 Å². The maximum Gasteiger partial charge on any atom is 0.405 e. The van der Waals surface area contributed by atoms with Gasteiger partial charge in [0.15, 0.2) is 0 Å². The Kier molecular flexibility index (Phi) is 3.36. The van der Waals surface area contributed by atoms with Crippen molar-refractivity contribution in [3.63, 3.8) is 0 Å². The second kappa shape index (κ2) is 4.16. The van der Waals surface area contributed by atoms with Crippen molar-refractivity contribution in [1.82, 2.24) is 10.6 Å². The number of carbonyl (C=O) groups excluding carboxylic acids is 1. The summed E-state index contributed by atoms with van der Waals surface area (Å²) in [7, 11) is 0.